The fourth-order valence-electron chi connectivity index (χ4n) is 1.70. The van der Waals surface area contributed by atoms with E-state index in [1.165, 1.54) is 12.1 Å². The number of benzene rings is 1. The van der Waals surface area contributed by atoms with Crippen molar-refractivity contribution in [1.82, 2.24) is 9.97 Å². The van der Waals surface area contributed by atoms with Gasteiger partial charge in [-0.1, -0.05) is 30.7 Å². The molecular formula is C14H15ClFN3. The summed E-state index contributed by atoms with van der Waals surface area (Å²) < 4.78 is 12.8. The molecule has 1 aromatic carbocycles. The average Bonchev–Trinajstić information content (AvgIpc) is 2.40. The lowest BCUT2D eigenvalue weighted by Gasteiger charge is -2.07. The van der Waals surface area contributed by atoms with Gasteiger partial charge in [0.05, 0.1) is 0 Å². The molecule has 0 aliphatic carbocycles. The van der Waals surface area contributed by atoms with E-state index >= 15 is 0 Å². The van der Waals surface area contributed by atoms with Crippen LogP contribution in [0, 0.1) is 5.82 Å². The fraction of sp³-hybridized carbons (Fsp3) is 0.286. The van der Waals surface area contributed by atoms with Crippen LogP contribution in [-0.4, -0.2) is 16.5 Å². The quantitative estimate of drug-likeness (QED) is 0.852. The molecule has 100 valence electrons. The predicted molar refractivity (Wildman–Crippen MR) is 75.0 cm³/mol. The number of halogens is 2. The van der Waals surface area contributed by atoms with Crippen molar-refractivity contribution in [2.24, 2.45) is 0 Å². The van der Waals surface area contributed by atoms with Gasteiger partial charge in [0, 0.05) is 19.0 Å². The molecule has 19 heavy (non-hydrogen) atoms. The first kappa shape index (κ1) is 13.7. The average molecular weight is 280 g/mol. The van der Waals surface area contributed by atoms with Crippen molar-refractivity contribution in [2.45, 2.75) is 19.8 Å². The Hall–Kier alpha value is -1.68. The minimum Gasteiger partial charge on any atom is -0.370 e. The molecule has 0 aliphatic heterocycles. The molecule has 0 bridgehead atoms. The summed E-state index contributed by atoms with van der Waals surface area (Å²) in [4.78, 5) is 8.43. The minimum atomic E-state index is -0.216. The highest BCUT2D eigenvalue weighted by molar-refractivity contribution is 6.29. The summed E-state index contributed by atoms with van der Waals surface area (Å²) in [5, 5.41) is 3.63. The molecule has 0 saturated heterocycles. The maximum absolute atomic E-state index is 12.8. The van der Waals surface area contributed by atoms with Crippen LogP contribution in [0.3, 0.4) is 0 Å². The molecule has 0 amide bonds. The molecule has 1 aromatic heterocycles. The fourth-order valence-corrected chi connectivity index (χ4v) is 1.90. The third-order valence-corrected chi connectivity index (χ3v) is 2.88. The molecule has 0 atom stereocenters. The Bertz CT molecular complexity index is 543. The number of nitrogens with zero attached hydrogens (tertiary/aromatic N) is 2. The van der Waals surface area contributed by atoms with Crippen molar-refractivity contribution in [3.63, 3.8) is 0 Å². The molecule has 0 aliphatic rings. The van der Waals surface area contributed by atoms with Crippen LogP contribution in [0.15, 0.2) is 30.3 Å². The Balaban J connectivity index is 1.92. The molecule has 2 rings (SSSR count). The van der Waals surface area contributed by atoms with E-state index in [0.29, 0.717) is 11.7 Å². The van der Waals surface area contributed by atoms with Crippen LogP contribution in [0.5, 0.6) is 0 Å². The zero-order valence-electron chi connectivity index (χ0n) is 10.7. The summed E-state index contributed by atoms with van der Waals surface area (Å²) >= 11 is 5.91. The predicted octanol–water partition coefficient (Wildman–Crippen LogP) is 3.49. The Morgan fingerprint density at radius 1 is 1.21 bits per heavy atom. The summed E-state index contributed by atoms with van der Waals surface area (Å²) in [6.07, 6.45) is 1.54. The summed E-state index contributed by atoms with van der Waals surface area (Å²) in [6.45, 7) is 2.69. The van der Waals surface area contributed by atoms with E-state index in [0.717, 1.165) is 30.0 Å². The van der Waals surface area contributed by atoms with E-state index in [-0.39, 0.29) is 5.82 Å². The van der Waals surface area contributed by atoms with Crippen molar-refractivity contribution in [3.05, 3.63) is 52.7 Å². The number of hydrogen-bond acceptors (Lipinski definition) is 3. The van der Waals surface area contributed by atoms with Crippen molar-refractivity contribution in [2.75, 3.05) is 11.9 Å². The van der Waals surface area contributed by atoms with Crippen LogP contribution in [-0.2, 0) is 12.8 Å². The van der Waals surface area contributed by atoms with Gasteiger partial charge in [0.2, 0.25) is 0 Å². The van der Waals surface area contributed by atoms with E-state index in [1.54, 1.807) is 18.2 Å². The number of aromatic nitrogens is 2. The monoisotopic (exact) mass is 279 g/mol. The second-order valence-electron chi connectivity index (χ2n) is 4.15. The van der Waals surface area contributed by atoms with Crippen LogP contribution in [0.4, 0.5) is 10.2 Å². The lowest BCUT2D eigenvalue weighted by molar-refractivity contribution is 0.627. The maximum Gasteiger partial charge on any atom is 0.134 e. The van der Waals surface area contributed by atoms with Crippen molar-refractivity contribution >= 4 is 17.4 Å². The number of anilines is 1. The largest absolute Gasteiger partial charge is 0.370 e. The van der Waals surface area contributed by atoms with E-state index in [1.807, 2.05) is 6.92 Å². The molecule has 3 nitrogen and oxygen atoms in total. The Morgan fingerprint density at radius 2 is 1.95 bits per heavy atom. The van der Waals surface area contributed by atoms with Gasteiger partial charge < -0.3 is 5.32 Å². The van der Waals surface area contributed by atoms with Crippen molar-refractivity contribution in [1.29, 1.82) is 0 Å². The highest BCUT2D eigenvalue weighted by atomic mass is 35.5. The normalized spacial score (nSPS) is 10.5. The lowest BCUT2D eigenvalue weighted by Crippen LogP contribution is -2.08. The molecule has 2 aromatic rings. The first-order chi connectivity index (χ1) is 9.17. The molecule has 5 heteroatoms. The van der Waals surface area contributed by atoms with Gasteiger partial charge in [-0.25, -0.2) is 14.4 Å². The van der Waals surface area contributed by atoms with E-state index in [9.17, 15) is 4.39 Å². The first-order valence-corrected chi connectivity index (χ1v) is 6.57. The molecule has 1 N–H and O–H groups in total. The van der Waals surface area contributed by atoms with E-state index in [4.69, 9.17) is 11.6 Å². The Kier molecular flexibility index (Phi) is 4.68. The summed E-state index contributed by atoms with van der Waals surface area (Å²) in [6, 6.07) is 8.19. The first-order valence-electron chi connectivity index (χ1n) is 6.19. The lowest BCUT2D eigenvalue weighted by atomic mass is 10.1. The van der Waals surface area contributed by atoms with Gasteiger partial charge >= 0.3 is 0 Å². The van der Waals surface area contributed by atoms with E-state index < -0.39 is 0 Å². The van der Waals surface area contributed by atoms with Crippen LogP contribution >= 0.6 is 11.6 Å². The van der Waals surface area contributed by atoms with Gasteiger partial charge in [-0.2, -0.15) is 0 Å². The third-order valence-electron chi connectivity index (χ3n) is 2.69. The van der Waals surface area contributed by atoms with Crippen LogP contribution in [0.2, 0.25) is 5.15 Å². The van der Waals surface area contributed by atoms with Crippen LogP contribution in [0.1, 0.15) is 18.3 Å². The van der Waals surface area contributed by atoms with Gasteiger partial charge in [-0.05, 0) is 24.1 Å². The van der Waals surface area contributed by atoms with Gasteiger partial charge in [-0.15, -0.1) is 0 Å². The summed E-state index contributed by atoms with van der Waals surface area (Å²) in [7, 11) is 0. The van der Waals surface area contributed by atoms with Gasteiger partial charge in [0.15, 0.2) is 0 Å². The second kappa shape index (κ2) is 6.48. The van der Waals surface area contributed by atoms with Crippen LogP contribution < -0.4 is 5.32 Å². The third kappa shape index (κ3) is 4.17. The number of nitrogens with one attached hydrogen (secondary N) is 1. The summed E-state index contributed by atoms with van der Waals surface area (Å²) in [5.74, 6) is 1.22. The maximum atomic E-state index is 12.8. The molecule has 0 radical (unpaired) electrons. The van der Waals surface area contributed by atoms with Gasteiger partial charge in [0.1, 0.15) is 22.6 Å². The minimum absolute atomic E-state index is 0.216. The molecule has 0 unspecified atom stereocenters. The molecule has 0 spiro atoms. The van der Waals surface area contributed by atoms with Crippen molar-refractivity contribution < 1.29 is 4.39 Å². The molecule has 0 saturated carbocycles. The summed E-state index contributed by atoms with van der Waals surface area (Å²) in [5.41, 5.74) is 1.07. The SMILES string of the molecule is CCc1nc(Cl)cc(NCCc2ccc(F)cc2)n1. The van der Waals surface area contributed by atoms with Crippen LogP contribution in [0.25, 0.3) is 0 Å². The topological polar surface area (TPSA) is 37.8 Å². The Morgan fingerprint density at radius 3 is 2.63 bits per heavy atom. The Labute approximate surface area is 116 Å². The zero-order valence-corrected chi connectivity index (χ0v) is 11.4. The standard InChI is InChI=1S/C14H15ClFN3/c1-2-13-18-12(15)9-14(19-13)17-8-7-10-3-5-11(16)6-4-10/h3-6,9H,2,7-8H2,1H3,(H,17,18,19). The van der Waals surface area contributed by atoms with Crippen molar-refractivity contribution in [3.8, 4) is 0 Å². The highest BCUT2D eigenvalue weighted by Crippen LogP contribution is 2.12. The number of aryl methyl sites for hydroxylation is 1. The van der Waals surface area contributed by atoms with Gasteiger partial charge in [-0.3, -0.25) is 0 Å². The zero-order chi connectivity index (χ0) is 13.7. The number of rotatable bonds is 5. The second-order valence-corrected chi connectivity index (χ2v) is 4.54. The highest BCUT2D eigenvalue weighted by Gasteiger charge is 2.01. The molecule has 0 fully saturated rings. The smallest absolute Gasteiger partial charge is 0.134 e. The molecular weight excluding hydrogens is 265 g/mol. The van der Waals surface area contributed by atoms with E-state index in [2.05, 4.69) is 15.3 Å². The molecule has 1 heterocycles. The van der Waals surface area contributed by atoms with Gasteiger partial charge in [0.25, 0.3) is 0 Å². The number of hydrogen-bond donors (Lipinski definition) is 1.